The molecule has 0 fully saturated rings. The molecule has 1 aromatic heterocycles. The van der Waals surface area contributed by atoms with Crippen LogP contribution >= 0.6 is 11.8 Å². The van der Waals surface area contributed by atoms with Gasteiger partial charge in [-0.1, -0.05) is 5.16 Å². The van der Waals surface area contributed by atoms with Crippen LogP contribution in [0.15, 0.2) is 37.9 Å². The Hall–Kier alpha value is -2.15. The van der Waals surface area contributed by atoms with Crippen LogP contribution in [0.25, 0.3) is 0 Å². The fourth-order valence-corrected chi connectivity index (χ4v) is 2.56. The first-order chi connectivity index (χ1) is 9.55. The van der Waals surface area contributed by atoms with Crippen molar-refractivity contribution in [3.63, 3.8) is 0 Å². The third kappa shape index (κ3) is 2.88. The minimum Gasteiger partial charge on any atom is -0.497 e. The molecule has 106 valence electrons. The highest BCUT2D eigenvalue weighted by Crippen LogP contribution is 2.33. The summed E-state index contributed by atoms with van der Waals surface area (Å²) >= 11 is 1.29. The van der Waals surface area contributed by atoms with Crippen LogP contribution in [0.2, 0.25) is 0 Å². The van der Waals surface area contributed by atoms with Crippen molar-refractivity contribution in [2.75, 3.05) is 7.11 Å². The van der Waals surface area contributed by atoms with Gasteiger partial charge >= 0.3 is 0 Å². The van der Waals surface area contributed by atoms with E-state index in [0.717, 1.165) is 16.3 Å². The van der Waals surface area contributed by atoms with Crippen molar-refractivity contribution in [3.05, 3.63) is 35.2 Å². The maximum atomic E-state index is 8.84. The highest BCUT2D eigenvalue weighted by molar-refractivity contribution is 7.99. The average molecular weight is 293 g/mol. The van der Waals surface area contributed by atoms with E-state index >= 15 is 0 Å². The van der Waals surface area contributed by atoms with E-state index in [2.05, 4.69) is 10.1 Å². The topological polar surface area (TPSA) is 93.9 Å². The Kier molecular flexibility index (Phi) is 4.19. The first kappa shape index (κ1) is 14.3. The van der Waals surface area contributed by atoms with Crippen molar-refractivity contribution < 1.29 is 14.4 Å². The number of oxime groups is 1. The van der Waals surface area contributed by atoms with Gasteiger partial charge in [-0.25, -0.2) is 4.98 Å². The monoisotopic (exact) mass is 293 g/mol. The summed E-state index contributed by atoms with van der Waals surface area (Å²) in [6, 6.07) is 5.25. The normalized spacial score (nSPS) is 11.7. The number of benzene rings is 1. The molecule has 2 aromatic rings. The lowest BCUT2D eigenvalue weighted by atomic mass is 10.2. The van der Waals surface area contributed by atoms with Gasteiger partial charge in [-0.15, -0.1) is 0 Å². The maximum Gasteiger partial charge on any atom is 0.261 e. The molecule has 20 heavy (non-hydrogen) atoms. The van der Waals surface area contributed by atoms with Crippen LogP contribution in [0.4, 0.5) is 0 Å². The van der Waals surface area contributed by atoms with E-state index in [-0.39, 0.29) is 5.84 Å². The molecule has 7 heteroatoms. The van der Waals surface area contributed by atoms with Gasteiger partial charge in [-0.05, 0) is 43.8 Å². The molecule has 0 atom stereocenters. The van der Waals surface area contributed by atoms with Crippen LogP contribution in [0, 0.1) is 13.8 Å². The van der Waals surface area contributed by atoms with E-state index in [9.17, 15) is 0 Å². The molecule has 1 heterocycles. The van der Waals surface area contributed by atoms with Crippen molar-refractivity contribution in [1.29, 1.82) is 0 Å². The number of rotatable bonds is 4. The molecular formula is C13H15N3O3S. The Bertz CT molecular complexity index is 633. The number of nitrogens with two attached hydrogens (primary N) is 1. The van der Waals surface area contributed by atoms with E-state index in [4.69, 9.17) is 20.1 Å². The molecule has 0 saturated heterocycles. The summed E-state index contributed by atoms with van der Waals surface area (Å²) in [5.74, 6) is 1.46. The number of amidine groups is 1. The molecule has 0 spiro atoms. The summed E-state index contributed by atoms with van der Waals surface area (Å²) in [4.78, 5) is 5.04. The summed E-state index contributed by atoms with van der Waals surface area (Å²) in [6.07, 6.45) is 0. The SMILES string of the molecule is COc1ccc(/C(N)=N/O)c(Sc2nc(C)c(C)o2)c1. The highest BCUT2D eigenvalue weighted by Gasteiger charge is 2.14. The van der Waals surface area contributed by atoms with Gasteiger partial charge in [0.25, 0.3) is 5.22 Å². The molecular weight excluding hydrogens is 278 g/mol. The second-order valence-corrected chi connectivity index (χ2v) is 5.06. The first-order valence-electron chi connectivity index (χ1n) is 5.83. The zero-order valence-electron chi connectivity index (χ0n) is 11.4. The molecule has 0 bridgehead atoms. The number of methoxy groups -OCH3 is 1. The Morgan fingerprint density at radius 2 is 2.20 bits per heavy atom. The third-order valence-electron chi connectivity index (χ3n) is 2.78. The standard InChI is InChI=1S/C13H15N3O3S/c1-7-8(2)19-13(15-7)20-11-6-9(18-3)4-5-10(11)12(14)16-17/h4-6,17H,1-3H3,(H2,14,16). The van der Waals surface area contributed by atoms with Gasteiger partial charge in [0.2, 0.25) is 0 Å². The van der Waals surface area contributed by atoms with Crippen molar-refractivity contribution in [2.45, 2.75) is 24.0 Å². The molecule has 0 aliphatic carbocycles. The molecule has 0 radical (unpaired) electrons. The van der Waals surface area contributed by atoms with Crippen molar-refractivity contribution >= 4 is 17.6 Å². The second kappa shape index (κ2) is 5.87. The van der Waals surface area contributed by atoms with Crippen molar-refractivity contribution in [3.8, 4) is 5.75 Å². The molecule has 0 aliphatic rings. The Morgan fingerprint density at radius 1 is 1.45 bits per heavy atom. The Labute approximate surface area is 120 Å². The summed E-state index contributed by atoms with van der Waals surface area (Å²) < 4.78 is 10.7. The van der Waals surface area contributed by atoms with E-state index in [1.54, 1.807) is 25.3 Å². The van der Waals surface area contributed by atoms with Crippen LogP contribution in [0.1, 0.15) is 17.0 Å². The van der Waals surface area contributed by atoms with Crippen LogP contribution in [-0.2, 0) is 0 Å². The first-order valence-corrected chi connectivity index (χ1v) is 6.64. The predicted molar refractivity (Wildman–Crippen MR) is 75.6 cm³/mol. The molecule has 3 N–H and O–H groups in total. The summed E-state index contributed by atoms with van der Waals surface area (Å²) in [5.41, 5.74) is 7.09. The van der Waals surface area contributed by atoms with Gasteiger partial charge in [0.05, 0.1) is 12.8 Å². The number of aryl methyl sites for hydroxylation is 2. The van der Waals surface area contributed by atoms with E-state index in [1.807, 2.05) is 13.8 Å². The minimum atomic E-state index is 0.0233. The van der Waals surface area contributed by atoms with E-state index in [1.165, 1.54) is 11.8 Å². The van der Waals surface area contributed by atoms with Gasteiger partial charge in [0.15, 0.2) is 5.84 Å². The Balaban J connectivity index is 2.42. The summed E-state index contributed by atoms with van der Waals surface area (Å²) in [7, 11) is 1.58. The quantitative estimate of drug-likeness (QED) is 0.389. The fraction of sp³-hybridized carbons (Fsp3) is 0.231. The van der Waals surface area contributed by atoms with Gasteiger partial charge in [-0.3, -0.25) is 0 Å². The average Bonchev–Trinajstić information content (AvgIpc) is 2.76. The molecule has 6 nitrogen and oxygen atoms in total. The fourth-order valence-electron chi connectivity index (χ4n) is 1.56. The van der Waals surface area contributed by atoms with E-state index in [0.29, 0.717) is 16.5 Å². The molecule has 2 rings (SSSR count). The molecule has 0 saturated carbocycles. The smallest absolute Gasteiger partial charge is 0.261 e. The van der Waals surface area contributed by atoms with E-state index < -0.39 is 0 Å². The number of nitrogens with zero attached hydrogens (tertiary/aromatic N) is 2. The second-order valence-electron chi connectivity index (χ2n) is 4.07. The molecule has 0 amide bonds. The number of ether oxygens (including phenoxy) is 1. The predicted octanol–water partition coefficient (Wildman–Crippen LogP) is 2.55. The molecule has 0 aliphatic heterocycles. The van der Waals surface area contributed by atoms with Crippen molar-refractivity contribution in [2.24, 2.45) is 10.9 Å². The largest absolute Gasteiger partial charge is 0.497 e. The highest BCUT2D eigenvalue weighted by atomic mass is 32.2. The molecule has 0 unspecified atom stereocenters. The summed E-state index contributed by atoms with van der Waals surface area (Å²) in [5, 5.41) is 12.4. The number of hydrogen-bond acceptors (Lipinski definition) is 6. The van der Waals surface area contributed by atoms with Crippen LogP contribution in [0.5, 0.6) is 5.75 Å². The lowest BCUT2D eigenvalue weighted by Gasteiger charge is -2.08. The lowest BCUT2D eigenvalue weighted by Crippen LogP contribution is -2.14. The zero-order valence-corrected chi connectivity index (χ0v) is 12.2. The van der Waals surface area contributed by atoms with Crippen LogP contribution in [0.3, 0.4) is 0 Å². The lowest BCUT2D eigenvalue weighted by molar-refractivity contribution is 0.318. The van der Waals surface area contributed by atoms with Gasteiger partial charge < -0.3 is 20.1 Å². The minimum absolute atomic E-state index is 0.0233. The van der Waals surface area contributed by atoms with Gasteiger partial charge in [0, 0.05) is 10.5 Å². The van der Waals surface area contributed by atoms with Crippen LogP contribution in [-0.4, -0.2) is 23.1 Å². The van der Waals surface area contributed by atoms with Crippen LogP contribution < -0.4 is 10.5 Å². The molecule has 1 aromatic carbocycles. The van der Waals surface area contributed by atoms with Crippen molar-refractivity contribution in [1.82, 2.24) is 4.98 Å². The maximum absolute atomic E-state index is 8.84. The number of aromatic nitrogens is 1. The summed E-state index contributed by atoms with van der Waals surface area (Å²) in [6.45, 7) is 3.72. The number of oxazole rings is 1. The number of hydrogen-bond donors (Lipinski definition) is 2. The van der Waals surface area contributed by atoms with Gasteiger partial charge in [-0.2, -0.15) is 0 Å². The Morgan fingerprint density at radius 3 is 2.75 bits per heavy atom. The third-order valence-corrected chi connectivity index (χ3v) is 3.69. The zero-order chi connectivity index (χ0) is 14.7. The van der Waals surface area contributed by atoms with Gasteiger partial charge in [0.1, 0.15) is 11.5 Å².